The van der Waals surface area contributed by atoms with Gasteiger partial charge < -0.3 is 14.2 Å². The highest BCUT2D eigenvalue weighted by Gasteiger charge is 2.40. The molecule has 1 fully saturated rings. The second-order valence-electron chi connectivity index (χ2n) is 5.00. The largest absolute Gasteiger partial charge is 0.376 e. The third-order valence-electron chi connectivity index (χ3n) is 2.97. The van der Waals surface area contributed by atoms with Gasteiger partial charge in [0, 0.05) is 10.6 Å². The van der Waals surface area contributed by atoms with Crippen LogP contribution >= 0.6 is 23.2 Å². The molecule has 3 nitrogen and oxygen atoms in total. The van der Waals surface area contributed by atoms with Crippen molar-refractivity contribution in [2.45, 2.75) is 38.8 Å². The van der Waals surface area contributed by atoms with Crippen molar-refractivity contribution in [2.75, 3.05) is 13.2 Å². The van der Waals surface area contributed by atoms with Gasteiger partial charge >= 0.3 is 0 Å². The lowest BCUT2D eigenvalue weighted by Gasteiger charge is -2.25. The van der Waals surface area contributed by atoms with Gasteiger partial charge in [0.1, 0.15) is 6.10 Å². The third kappa shape index (κ3) is 3.61. The summed E-state index contributed by atoms with van der Waals surface area (Å²) in [5.74, 6) is -0.841. The highest BCUT2D eigenvalue weighted by atomic mass is 35.5. The Morgan fingerprint density at radius 1 is 1.42 bits per heavy atom. The minimum atomic E-state index is -0.841. The van der Waals surface area contributed by atoms with Crippen molar-refractivity contribution in [3.8, 4) is 0 Å². The van der Waals surface area contributed by atoms with Gasteiger partial charge in [0.15, 0.2) is 5.79 Å². The first kappa shape index (κ1) is 15.1. The topological polar surface area (TPSA) is 27.7 Å². The number of benzene rings is 1. The molecule has 0 aromatic heterocycles. The minimum absolute atomic E-state index is 0.0841. The molecule has 1 aliphatic heterocycles. The van der Waals surface area contributed by atoms with Crippen molar-refractivity contribution in [3.05, 3.63) is 33.8 Å². The van der Waals surface area contributed by atoms with E-state index < -0.39 is 5.79 Å². The van der Waals surface area contributed by atoms with Gasteiger partial charge in [-0.25, -0.2) is 0 Å². The molecule has 0 radical (unpaired) electrons. The van der Waals surface area contributed by atoms with Crippen LogP contribution in [0.5, 0.6) is 0 Å². The van der Waals surface area contributed by atoms with E-state index in [2.05, 4.69) is 0 Å². The fourth-order valence-corrected chi connectivity index (χ4v) is 2.60. The molecule has 106 valence electrons. The van der Waals surface area contributed by atoms with E-state index in [4.69, 9.17) is 37.4 Å². The maximum absolute atomic E-state index is 6.20. The van der Waals surface area contributed by atoms with Crippen LogP contribution in [-0.2, 0) is 20.0 Å². The monoisotopic (exact) mass is 304 g/mol. The van der Waals surface area contributed by atoms with Crippen LogP contribution in [0.4, 0.5) is 0 Å². The number of rotatable bonds is 4. The molecule has 0 saturated carbocycles. The second-order valence-corrected chi connectivity index (χ2v) is 5.85. The van der Waals surface area contributed by atoms with Crippen LogP contribution in [0.2, 0.25) is 10.0 Å². The summed E-state index contributed by atoms with van der Waals surface area (Å²) < 4.78 is 17.2. The molecular formula is C14H18Cl2O3. The highest BCUT2D eigenvalue weighted by molar-refractivity contribution is 6.35. The summed E-state index contributed by atoms with van der Waals surface area (Å²) in [6.07, 6.45) is 0.0914. The summed E-state index contributed by atoms with van der Waals surface area (Å²) in [7, 11) is 0. The van der Waals surface area contributed by atoms with E-state index in [1.807, 2.05) is 26.8 Å². The van der Waals surface area contributed by atoms with Gasteiger partial charge in [-0.15, -0.1) is 0 Å². The van der Waals surface area contributed by atoms with E-state index >= 15 is 0 Å². The Balaban J connectivity index is 2.08. The Morgan fingerprint density at radius 3 is 2.79 bits per heavy atom. The summed E-state index contributed by atoms with van der Waals surface area (Å²) in [6, 6.07) is 5.30. The molecule has 1 aromatic carbocycles. The maximum Gasteiger partial charge on any atom is 0.194 e. The molecule has 5 heteroatoms. The number of hydrogen-bond acceptors (Lipinski definition) is 3. The van der Waals surface area contributed by atoms with E-state index in [0.717, 1.165) is 5.56 Å². The van der Waals surface area contributed by atoms with Crippen LogP contribution in [0.15, 0.2) is 18.2 Å². The molecule has 0 bridgehead atoms. The Hall–Kier alpha value is -0.320. The van der Waals surface area contributed by atoms with Crippen molar-refractivity contribution in [2.24, 2.45) is 0 Å². The molecular weight excluding hydrogens is 287 g/mol. The Labute approximate surface area is 123 Å². The van der Waals surface area contributed by atoms with Gasteiger partial charge in [-0.05, 0) is 32.9 Å². The molecule has 1 aliphatic rings. The predicted octanol–water partition coefficient (Wildman–Crippen LogP) is 4.01. The van der Waals surface area contributed by atoms with E-state index in [9.17, 15) is 0 Å². The SMILES string of the molecule is CC(C)OC[C@@H]1CO[C@@](C)(c2ccc(Cl)cc2Cl)O1. The predicted molar refractivity (Wildman–Crippen MR) is 75.7 cm³/mol. The molecule has 0 N–H and O–H groups in total. The van der Waals surface area contributed by atoms with Gasteiger partial charge in [-0.1, -0.05) is 29.3 Å². The van der Waals surface area contributed by atoms with Crippen LogP contribution in [0, 0.1) is 0 Å². The average Bonchev–Trinajstić information content (AvgIpc) is 2.69. The first-order valence-corrected chi connectivity index (χ1v) is 7.05. The zero-order valence-electron chi connectivity index (χ0n) is 11.3. The second kappa shape index (κ2) is 5.98. The van der Waals surface area contributed by atoms with Crippen molar-refractivity contribution in [1.82, 2.24) is 0 Å². The molecule has 1 heterocycles. The van der Waals surface area contributed by atoms with E-state index in [1.54, 1.807) is 12.1 Å². The molecule has 0 amide bonds. The van der Waals surface area contributed by atoms with Crippen LogP contribution < -0.4 is 0 Å². The summed E-state index contributed by atoms with van der Waals surface area (Å²) >= 11 is 12.1. The van der Waals surface area contributed by atoms with Crippen molar-refractivity contribution >= 4 is 23.2 Å². The molecule has 1 saturated heterocycles. The lowest BCUT2D eigenvalue weighted by Crippen LogP contribution is -2.26. The van der Waals surface area contributed by atoms with Crippen LogP contribution in [0.1, 0.15) is 26.3 Å². The van der Waals surface area contributed by atoms with E-state index in [1.165, 1.54) is 0 Å². The Bertz CT molecular complexity index is 450. The quantitative estimate of drug-likeness (QED) is 0.841. The first-order valence-electron chi connectivity index (χ1n) is 6.29. The zero-order chi connectivity index (χ0) is 14.0. The van der Waals surface area contributed by atoms with Crippen LogP contribution in [0.25, 0.3) is 0 Å². The summed E-state index contributed by atoms with van der Waals surface area (Å²) in [6.45, 7) is 6.84. The van der Waals surface area contributed by atoms with Gasteiger partial charge in [0.2, 0.25) is 0 Å². The standard InChI is InChI=1S/C14H18Cl2O3/c1-9(2)17-7-11-8-18-14(3,19-11)12-5-4-10(15)6-13(12)16/h4-6,9,11H,7-8H2,1-3H3/t11-,14-/m1/s1. The van der Waals surface area contributed by atoms with Crippen molar-refractivity contribution in [1.29, 1.82) is 0 Å². The molecule has 19 heavy (non-hydrogen) atoms. The van der Waals surface area contributed by atoms with Gasteiger partial charge in [-0.3, -0.25) is 0 Å². The maximum atomic E-state index is 6.20. The van der Waals surface area contributed by atoms with Gasteiger partial charge in [0.25, 0.3) is 0 Å². The highest BCUT2D eigenvalue weighted by Crippen LogP contribution is 2.38. The lowest BCUT2D eigenvalue weighted by molar-refractivity contribution is -0.168. The van der Waals surface area contributed by atoms with Crippen LogP contribution in [-0.4, -0.2) is 25.4 Å². The summed E-state index contributed by atoms with van der Waals surface area (Å²) in [5, 5.41) is 1.13. The molecule has 2 atom stereocenters. The molecule has 0 unspecified atom stereocenters. The Morgan fingerprint density at radius 2 is 2.16 bits per heavy atom. The Kier molecular flexibility index (Phi) is 4.75. The third-order valence-corrected chi connectivity index (χ3v) is 3.52. The number of halogens is 2. The molecule has 1 aromatic rings. The fourth-order valence-electron chi connectivity index (χ4n) is 2.02. The van der Waals surface area contributed by atoms with E-state index in [-0.39, 0.29) is 12.2 Å². The average molecular weight is 305 g/mol. The number of ether oxygens (including phenoxy) is 3. The smallest absolute Gasteiger partial charge is 0.194 e. The normalized spacial score (nSPS) is 27.2. The lowest BCUT2D eigenvalue weighted by atomic mass is 10.1. The van der Waals surface area contributed by atoms with Crippen molar-refractivity contribution in [3.63, 3.8) is 0 Å². The van der Waals surface area contributed by atoms with Gasteiger partial charge in [-0.2, -0.15) is 0 Å². The summed E-state index contributed by atoms with van der Waals surface area (Å²) in [5.41, 5.74) is 0.783. The fraction of sp³-hybridized carbons (Fsp3) is 0.571. The first-order chi connectivity index (χ1) is 8.90. The van der Waals surface area contributed by atoms with E-state index in [0.29, 0.717) is 23.3 Å². The van der Waals surface area contributed by atoms with Crippen LogP contribution in [0.3, 0.4) is 0 Å². The van der Waals surface area contributed by atoms with Gasteiger partial charge in [0.05, 0.1) is 24.3 Å². The molecule has 0 aliphatic carbocycles. The number of hydrogen-bond donors (Lipinski definition) is 0. The zero-order valence-corrected chi connectivity index (χ0v) is 12.8. The minimum Gasteiger partial charge on any atom is -0.376 e. The molecule has 2 rings (SSSR count). The summed E-state index contributed by atoms with van der Waals surface area (Å²) in [4.78, 5) is 0. The molecule has 0 spiro atoms. The van der Waals surface area contributed by atoms with Crippen molar-refractivity contribution < 1.29 is 14.2 Å².